The van der Waals surface area contributed by atoms with Gasteiger partial charge in [0, 0.05) is 12.5 Å². The molecule has 20 heavy (non-hydrogen) atoms. The fraction of sp³-hybridized carbons (Fsp3) is 0.500. The van der Waals surface area contributed by atoms with Crippen LogP contribution in [0.25, 0.3) is 0 Å². The second-order valence-corrected chi connectivity index (χ2v) is 6.62. The van der Waals surface area contributed by atoms with Gasteiger partial charge in [-0.25, -0.2) is 13.1 Å². The summed E-state index contributed by atoms with van der Waals surface area (Å²) in [5, 5.41) is 0. The summed E-state index contributed by atoms with van der Waals surface area (Å²) in [6.45, 7) is 3.77. The Hall–Kier alpha value is -1.40. The minimum Gasteiger partial charge on any atom is -0.469 e. The zero-order chi connectivity index (χ0) is 15.2. The van der Waals surface area contributed by atoms with Gasteiger partial charge < -0.3 is 4.74 Å². The number of nitrogens with one attached hydrogen (secondary N) is 1. The average molecular weight is 299 g/mol. The number of carbonyl (C=O) groups excluding carboxylic acids is 1. The van der Waals surface area contributed by atoms with Crippen molar-refractivity contribution in [2.75, 3.05) is 12.9 Å². The fourth-order valence-corrected chi connectivity index (χ4v) is 3.08. The molecule has 1 rings (SSSR count). The van der Waals surface area contributed by atoms with Crippen molar-refractivity contribution in [1.29, 1.82) is 0 Å². The number of esters is 1. The molecule has 112 valence electrons. The molecular formula is C14H21NO4S. The van der Waals surface area contributed by atoms with Gasteiger partial charge in [0.2, 0.25) is 10.0 Å². The number of benzene rings is 1. The molecule has 1 aromatic rings. The molecule has 0 heterocycles. The van der Waals surface area contributed by atoms with Crippen LogP contribution in [0, 0.1) is 6.92 Å². The summed E-state index contributed by atoms with van der Waals surface area (Å²) in [7, 11) is -2.11. The van der Waals surface area contributed by atoms with Crippen molar-refractivity contribution in [3.63, 3.8) is 0 Å². The lowest BCUT2D eigenvalue weighted by Crippen LogP contribution is -2.29. The molecule has 0 fully saturated rings. The highest BCUT2D eigenvalue weighted by atomic mass is 32.2. The Labute approximate surface area is 120 Å². The van der Waals surface area contributed by atoms with E-state index in [0.717, 1.165) is 11.1 Å². The van der Waals surface area contributed by atoms with Crippen molar-refractivity contribution in [3.05, 3.63) is 35.4 Å². The quantitative estimate of drug-likeness (QED) is 0.781. The Morgan fingerprint density at radius 2 is 1.90 bits per heavy atom. The maximum Gasteiger partial charge on any atom is 0.305 e. The van der Waals surface area contributed by atoms with Gasteiger partial charge in [-0.2, -0.15) is 0 Å². The third-order valence-electron chi connectivity index (χ3n) is 2.96. The van der Waals surface area contributed by atoms with Crippen LogP contribution >= 0.6 is 0 Å². The predicted molar refractivity (Wildman–Crippen MR) is 77.8 cm³/mol. The molecule has 1 N–H and O–H groups in total. The molecule has 0 unspecified atom stereocenters. The molecule has 0 saturated carbocycles. The average Bonchev–Trinajstić information content (AvgIpc) is 2.38. The number of ether oxygens (including phenoxy) is 1. The second-order valence-electron chi connectivity index (χ2n) is 4.75. The van der Waals surface area contributed by atoms with E-state index in [0.29, 0.717) is 0 Å². The van der Waals surface area contributed by atoms with Crippen LogP contribution in [0.5, 0.6) is 0 Å². The van der Waals surface area contributed by atoms with Gasteiger partial charge in [0.25, 0.3) is 0 Å². The lowest BCUT2D eigenvalue weighted by Gasteiger charge is -2.14. The van der Waals surface area contributed by atoms with Crippen molar-refractivity contribution in [2.24, 2.45) is 0 Å². The van der Waals surface area contributed by atoms with Gasteiger partial charge in [-0.05, 0) is 25.8 Å². The number of rotatable bonds is 7. The van der Waals surface area contributed by atoms with Gasteiger partial charge in [0.05, 0.1) is 12.9 Å². The zero-order valence-electron chi connectivity index (χ0n) is 12.0. The molecule has 0 aliphatic rings. The zero-order valence-corrected chi connectivity index (χ0v) is 12.9. The Kier molecular flexibility index (Phi) is 6.16. The minimum atomic E-state index is -3.40. The summed E-state index contributed by atoms with van der Waals surface area (Å²) in [5.41, 5.74) is 2.04. The van der Waals surface area contributed by atoms with E-state index in [9.17, 15) is 13.2 Å². The molecule has 0 aliphatic carbocycles. The Morgan fingerprint density at radius 1 is 1.30 bits per heavy atom. The first kappa shape index (κ1) is 16.7. The van der Waals surface area contributed by atoms with E-state index in [1.54, 1.807) is 6.92 Å². The van der Waals surface area contributed by atoms with Crippen LogP contribution in [0.2, 0.25) is 0 Å². The molecule has 0 saturated heterocycles. The summed E-state index contributed by atoms with van der Waals surface area (Å²) in [6, 6.07) is 7.39. The van der Waals surface area contributed by atoms with E-state index in [-0.39, 0.29) is 24.6 Å². The van der Waals surface area contributed by atoms with Gasteiger partial charge in [0.1, 0.15) is 0 Å². The van der Waals surface area contributed by atoms with Gasteiger partial charge in [-0.15, -0.1) is 0 Å². The maximum absolute atomic E-state index is 11.9. The lowest BCUT2D eigenvalue weighted by molar-refractivity contribution is -0.140. The third kappa shape index (κ3) is 5.71. The number of hydrogen-bond acceptors (Lipinski definition) is 4. The summed E-state index contributed by atoms with van der Waals surface area (Å²) in [4.78, 5) is 10.9. The number of hydrogen-bond donors (Lipinski definition) is 1. The summed E-state index contributed by atoms with van der Waals surface area (Å²) in [6.07, 6.45) is 0.360. The van der Waals surface area contributed by atoms with Gasteiger partial charge in [-0.1, -0.05) is 29.8 Å². The molecule has 0 aliphatic heterocycles. The Bertz CT molecular complexity index is 537. The highest BCUT2D eigenvalue weighted by molar-refractivity contribution is 7.89. The predicted octanol–water partition coefficient (Wildman–Crippen LogP) is 1.93. The van der Waals surface area contributed by atoms with E-state index in [1.807, 2.05) is 31.2 Å². The van der Waals surface area contributed by atoms with Crippen LogP contribution < -0.4 is 4.72 Å². The van der Waals surface area contributed by atoms with Crippen molar-refractivity contribution in [3.8, 4) is 0 Å². The molecule has 0 spiro atoms. The topological polar surface area (TPSA) is 72.5 Å². The normalized spacial score (nSPS) is 12.9. The smallest absolute Gasteiger partial charge is 0.305 e. The van der Waals surface area contributed by atoms with E-state index in [2.05, 4.69) is 9.46 Å². The number of carbonyl (C=O) groups is 1. The van der Waals surface area contributed by atoms with Gasteiger partial charge >= 0.3 is 5.97 Å². The molecule has 1 aromatic carbocycles. The molecule has 5 nitrogen and oxygen atoms in total. The molecule has 6 heteroatoms. The minimum absolute atomic E-state index is 0.0850. The Balaban J connectivity index is 2.53. The van der Waals surface area contributed by atoms with Crippen molar-refractivity contribution >= 4 is 16.0 Å². The van der Waals surface area contributed by atoms with Crippen LogP contribution in [0.4, 0.5) is 0 Å². The van der Waals surface area contributed by atoms with Crippen molar-refractivity contribution in [1.82, 2.24) is 4.72 Å². The van der Waals surface area contributed by atoms with Crippen molar-refractivity contribution in [2.45, 2.75) is 32.7 Å². The molecule has 1 atom stereocenters. The van der Waals surface area contributed by atoms with E-state index >= 15 is 0 Å². The standard InChI is InChI=1S/C14H21NO4S/c1-11-6-8-13(9-7-11)12(2)15-20(17,18)10-4-5-14(16)19-3/h6-9,12,15H,4-5,10H2,1-3H3/t12-/m0/s1. The molecular weight excluding hydrogens is 278 g/mol. The van der Waals surface area contributed by atoms with Crippen LogP contribution in [0.15, 0.2) is 24.3 Å². The maximum atomic E-state index is 11.9. The third-order valence-corrected chi connectivity index (χ3v) is 4.49. The number of aryl methyl sites for hydroxylation is 1. The highest BCUT2D eigenvalue weighted by Gasteiger charge is 2.16. The molecule has 0 aromatic heterocycles. The van der Waals surface area contributed by atoms with E-state index < -0.39 is 16.0 Å². The summed E-state index contributed by atoms with van der Waals surface area (Å²) < 4.78 is 30.9. The van der Waals surface area contributed by atoms with Crippen molar-refractivity contribution < 1.29 is 17.9 Å². The second kappa shape index (κ2) is 7.40. The first-order valence-electron chi connectivity index (χ1n) is 6.47. The first-order chi connectivity index (χ1) is 9.34. The van der Waals surface area contributed by atoms with Gasteiger partial charge in [-0.3, -0.25) is 4.79 Å². The first-order valence-corrected chi connectivity index (χ1v) is 8.12. The summed E-state index contributed by atoms with van der Waals surface area (Å²) in [5.74, 6) is -0.482. The molecule has 0 radical (unpaired) electrons. The molecule has 0 bridgehead atoms. The van der Waals surface area contributed by atoms with E-state index in [1.165, 1.54) is 7.11 Å². The number of methoxy groups -OCH3 is 1. The summed E-state index contributed by atoms with van der Waals surface area (Å²) >= 11 is 0. The van der Waals surface area contributed by atoms with E-state index in [4.69, 9.17) is 0 Å². The van der Waals surface area contributed by atoms with Crippen LogP contribution in [-0.2, 0) is 19.6 Å². The van der Waals surface area contributed by atoms with Gasteiger partial charge in [0.15, 0.2) is 0 Å². The Morgan fingerprint density at radius 3 is 2.45 bits per heavy atom. The molecule has 0 amide bonds. The largest absolute Gasteiger partial charge is 0.469 e. The monoisotopic (exact) mass is 299 g/mol. The van der Waals surface area contributed by atoms with Crippen LogP contribution in [-0.4, -0.2) is 27.2 Å². The van der Waals surface area contributed by atoms with Crippen LogP contribution in [0.3, 0.4) is 0 Å². The number of sulfonamides is 1. The lowest BCUT2D eigenvalue weighted by atomic mass is 10.1. The SMILES string of the molecule is COC(=O)CCCS(=O)(=O)N[C@@H](C)c1ccc(C)cc1. The van der Waals surface area contributed by atoms with Crippen LogP contribution in [0.1, 0.15) is 36.9 Å². The highest BCUT2D eigenvalue weighted by Crippen LogP contribution is 2.14. The fourth-order valence-electron chi connectivity index (χ4n) is 1.76.